The maximum absolute atomic E-state index is 14.3. The smallest absolute Gasteiger partial charge is 0.312 e. The Hall–Kier alpha value is -3.49. The molecule has 4 saturated carbocycles. The number of nitrogens with zero attached hydrogens (tertiary/aromatic N) is 2. The highest BCUT2D eigenvalue weighted by molar-refractivity contribution is 6.34. The van der Waals surface area contributed by atoms with Crippen LogP contribution in [-0.4, -0.2) is 71.2 Å². The Morgan fingerprint density at radius 2 is 1.53 bits per heavy atom. The Bertz CT molecular complexity index is 1810. The number of allylic oxidation sites excluding steroid dienone is 2. The molecular formula is C48H70N2O7. The third-order valence-corrected chi connectivity index (χ3v) is 16.9. The van der Waals surface area contributed by atoms with Crippen LogP contribution in [0.4, 0.5) is 0 Å². The number of hydrogen-bond acceptors (Lipinski definition) is 6. The molecule has 4 fully saturated rings. The lowest BCUT2D eigenvalue weighted by Gasteiger charge is -2.72. The average Bonchev–Trinajstić information content (AvgIpc) is 3.43. The molecule has 314 valence electrons. The predicted molar refractivity (Wildman–Crippen MR) is 221 cm³/mol. The highest BCUT2D eigenvalue weighted by Crippen LogP contribution is 2.77. The first-order valence-corrected chi connectivity index (χ1v) is 21.7. The standard InChI is InChI=1S/C48H70N2O7/c1-30(2)38-33(51)27-48(25-26-50(41(54)40(53)49(10)11)29-31-15-13-12-14-16-31)24-23-46(8)32(39(38)48)17-18-35-45(7)21-20-36(57-37(52)28-43(3,4)42(55)56)44(5,6)34(45)19-22-47(35,46)9/h12-16,30,32,34-36H,17-29H2,1-11H3,(H,55,56)/t32-,34?,35?,36+,45+,46-,47-,48-/m1/s1. The lowest BCUT2D eigenvalue weighted by atomic mass is 9.33. The number of benzene rings is 1. The first-order chi connectivity index (χ1) is 26.4. The van der Waals surface area contributed by atoms with Gasteiger partial charge in [-0.2, -0.15) is 0 Å². The lowest BCUT2D eigenvalue weighted by molar-refractivity contribution is -0.233. The summed E-state index contributed by atoms with van der Waals surface area (Å²) < 4.78 is 6.18. The minimum Gasteiger partial charge on any atom is -0.481 e. The van der Waals surface area contributed by atoms with E-state index in [1.165, 1.54) is 10.5 Å². The van der Waals surface area contributed by atoms with Gasteiger partial charge >= 0.3 is 23.8 Å². The molecule has 9 nitrogen and oxygen atoms in total. The van der Waals surface area contributed by atoms with Gasteiger partial charge in [0.15, 0.2) is 5.78 Å². The van der Waals surface area contributed by atoms with E-state index < -0.39 is 29.2 Å². The van der Waals surface area contributed by atoms with Gasteiger partial charge in [-0.3, -0.25) is 24.0 Å². The molecule has 2 amide bonds. The zero-order valence-corrected chi connectivity index (χ0v) is 36.8. The summed E-state index contributed by atoms with van der Waals surface area (Å²) in [5, 5.41) is 9.64. The van der Waals surface area contributed by atoms with E-state index in [2.05, 4.69) is 48.5 Å². The first kappa shape index (κ1) is 43.1. The number of ketones is 1. The molecule has 2 unspecified atom stereocenters. The van der Waals surface area contributed by atoms with Crippen LogP contribution in [0.2, 0.25) is 0 Å². The minimum atomic E-state index is -1.18. The molecule has 5 aliphatic rings. The van der Waals surface area contributed by atoms with E-state index in [1.54, 1.807) is 32.8 Å². The van der Waals surface area contributed by atoms with Crippen molar-refractivity contribution in [2.45, 2.75) is 146 Å². The molecule has 0 spiro atoms. The van der Waals surface area contributed by atoms with Crippen LogP contribution >= 0.6 is 0 Å². The van der Waals surface area contributed by atoms with Crippen molar-refractivity contribution in [2.24, 2.45) is 56.2 Å². The van der Waals surface area contributed by atoms with Crippen molar-refractivity contribution in [1.82, 2.24) is 9.80 Å². The maximum atomic E-state index is 14.3. The molecule has 0 aromatic heterocycles. The Kier molecular flexibility index (Phi) is 11.3. The highest BCUT2D eigenvalue weighted by Gasteiger charge is 2.70. The minimum absolute atomic E-state index is 0.0240. The zero-order valence-electron chi connectivity index (χ0n) is 36.8. The number of aliphatic carboxylic acids is 1. The van der Waals surface area contributed by atoms with E-state index in [9.17, 15) is 29.1 Å². The van der Waals surface area contributed by atoms with Gasteiger partial charge in [-0.1, -0.05) is 84.4 Å². The Labute approximate surface area is 341 Å². The number of likely N-dealkylation sites (N-methyl/N-ethyl adjacent to an activating group) is 1. The van der Waals surface area contributed by atoms with Crippen LogP contribution in [0.25, 0.3) is 0 Å². The van der Waals surface area contributed by atoms with Crippen LogP contribution in [0.1, 0.15) is 139 Å². The number of Topliss-reactive ketones (excluding diaryl/α,β-unsaturated/α-hetero) is 1. The molecule has 1 N–H and O–H groups in total. The Morgan fingerprint density at radius 1 is 0.860 bits per heavy atom. The summed E-state index contributed by atoms with van der Waals surface area (Å²) in [5.74, 6) is -1.02. The number of esters is 1. The SMILES string of the molecule is CC(C)C1=C2[C@H]3CCC4[C@@]5(C)CC[C@H](OC(=O)CC(C)(C)C(=O)O)C(C)(C)C5CC[C@@]4(C)[C@]3(C)CC[C@@]2(CCN(Cc2ccccc2)C(=O)C(=O)N(C)C)CC1=O. The van der Waals surface area contributed by atoms with E-state index >= 15 is 0 Å². The van der Waals surface area contributed by atoms with Crippen LogP contribution in [0.3, 0.4) is 0 Å². The van der Waals surface area contributed by atoms with Gasteiger partial charge in [0.1, 0.15) is 6.10 Å². The monoisotopic (exact) mass is 787 g/mol. The number of carboxylic acid groups (broad SMARTS) is 1. The van der Waals surface area contributed by atoms with E-state index in [0.29, 0.717) is 37.8 Å². The van der Waals surface area contributed by atoms with Crippen molar-refractivity contribution in [2.75, 3.05) is 20.6 Å². The van der Waals surface area contributed by atoms with Crippen molar-refractivity contribution in [1.29, 1.82) is 0 Å². The van der Waals surface area contributed by atoms with Crippen LogP contribution in [0.5, 0.6) is 0 Å². The molecule has 0 radical (unpaired) electrons. The molecule has 1 aromatic carbocycles. The quantitative estimate of drug-likeness (QED) is 0.186. The van der Waals surface area contributed by atoms with Gasteiger partial charge in [0.2, 0.25) is 0 Å². The van der Waals surface area contributed by atoms with E-state index in [-0.39, 0.29) is 57.2 Å². The number of carboxylic acids is 1. The molecule has 8 atom stereocenters. The topological polar surface area (TPSA) is 121 Å². The summed E-state index contributed by atoms with van der Waals surface area (Å²) in [5.41, 5.74) is 1.64. The van der Waals surface area contributed by atoms with Crippen molar-refractivity contribution >= 4 is 29.5 Å². The molecule has 0 aliphatic heterocycles. The number of ether oxygens (including phenoxy) is 1. The van der Waals surface area contributed by atoms with Gasteiger partial charge in [0.05, 0.1) is 11.8 Å². The van der Waals surface area contributed by atoms with Crippen LogP contribution in [-0.2, 0) is 35.3 Å². The summed E-state index contributed by atoms with van der Waals surface area (Å²) in [4.78, 5) is 69.0. The first-order valence-electron chi connectivity index (χ1n) is 21.7. The molecule has 1 aromatic rings. The molecule has 0 heterocycles. The van der Waals surface area contributed by atoms with E-state index in [0.717, 1.165) is 62.5 Å². The number of carbonyl (C=O) groups is 5. The second kappa shape index (κ2) is 15.0. The van der Waals surface area contributed by atoms with Gasteiger partial charge in [-0.25, -0.2) is 0 Å². The third kappa shape index (κ3) is 7.08. The molecule has 9 heteroatoms. The zero-order chi connectivity index (χ0) is 42.1. The summed E-state index contributed by atoms with van der Waals surface area (Å²) >= 11 is 0. The number of fused-ring (bicyclic) bond motifs is 7. The van der Waals surface area contributed by atoms with Gasteiger partial charge in [-0.15, -0.1) is 0 Å². The van der Waals surface area contributed by atoms with Crippen molar-refractivity contribution < 1.29 is 33.8 Å². The van der Waals surface area contributed by atoms with Crippen molar-refractivity contribution in [3.8, 4) is 0 Å². The Morgan fingerprint density at radius 3 is 2.14 bits per heavy atom. The third-order valence-electron chi connectivity index (χ3n) is 16.9. The van der Waals surface area contributed by atoms with E-state index in [1.807, 2.05) is 30.3 Å². The molecule has 5 aliphatic carbocycles. The van der Waals surface area contributed by atoms with Crippen LogP contribution in [0, 0.1) is 56.2 Å². The van der Waals surface area contributed by atoms with E-state index in [4.69, 9.17) is 4.74 Å². The van der Waals surface area contributed by atoms with Gasteiger partial charge in [0, 0.05) is 44.4 Å². The fourth-order valence-corrected chi connectivity index (χ4v) is 13.6. The highest BCUT2D eigenvalue weighted by atomic mass is 16.5. The summed E-state index contributed by atoms with van der Waals surface area (Å²) in [6, 6.07) is 9.84. The molecular weight excluding hydrogens is 717 g/mol. The van der Waals surface area contributed by atoms with Gasteiger partial charge in [0.25, 0.3) is 0 Å². The normalized spacial score (nSPS) is 34.4. The molecule has 0 bridgehead atoms. The largest absolute Gasteiger partial charge is 0.481 e. The van der Waals surface area contributed by atoms with Crippen LogP contribution in [0.15, 0.2) is 41.5 Å². The number of hydrogen-bond donors (Lipinski definition) is 1. The van der Waals surface area contributed by atoms with Gasteiger partial charge in [-0.05, 0) is 123 Å². The van der Waals surface area contributed by atoms with Crippen molar-refractivity contribution in [3.63, 3.8) is 0 Å². The number of amides is 2. The summed E-state index contributed by atoms with van der Waals surface area (Å²) in [6.45, 7) is 20.4. The second-order valence-electron chi connectivity index (χ2n) is 21.3. The van der Waals surface area contributed by atoms with Gasteiger partial charge < -0.3 is 19.6 Å². The number of carbonyl (C=O) groups excluding carboxylic acids is 4. The summed E-state index contributed by atoms with van der Waals surface area (Å²) in [7, 11) is 3.23. The average molecular weight is 787 g/mol. The number of rotatable bonds is 10. The summed E-state index contributed by atoms with van der Waals surface area (Å²) in [6.07, 6.45) is 8.56. The Balaban J connectivity index is 1.29. The predicted octanol–water partition coefficient (Wildman–Crippen LogP) is 8.89. The fraction of sp³-hybridized carbons (Fsp3) is 0.729. The molecule has 57 heavy (non-hydrogen) atoms. The fourth-order valence-electron chi connectivity index (χ4n) is 13.6. The molecule has 0 saturated heterocycles. The second-order valence-corrected chi connectivity index (χ2v) is 21.3. The van der Waals surface area contributed by atoms with Crippen molar-refractivity contribution in [3.05, 3.63) is 47.0 Å². The van der Waals surface area contributed by atoms with Crippen LogP contribution < -0.4 is 0 Å². The molecule has 6 rings (SSSR count). The lowest BCUT2D eigenvalue weighted by Crippen LogP contribution is -2.65. The maximum Gasteiger partial charge on any atom is 0.312 e.